The van der Waals surface area contributed by atoms with E-state index in [1.54, 1.807) is 12.3 Å². The van der Waals surface area contributed by atoms with Crippen LogP contribution in [-0.2, 0) is 6.54 Å². The van der Waals surface area contributed by atoms with Crippen molar-refractivity contribution in [2.75, 3.05) is 17.7 Å². The Kier molecular flexibility index (Phi) is 3.70. The first kappa shape index (κ1) is 12.7. The molecular formula is C12H11ClN4S. The molecule has 0 aliphatic rings. The van der Waals surface area contributed by atoms with Crippen LogP contribution in [0.5, 0.6) is 0 Å². The molecule has 0 aliphatic heterocycles. The Bertz CT molecular complexity index is 602. The second-order valence-electron chi connectivity index (χ2n) is 3.77. The number of aromatic nitrogens is 1. The Morgan fingerprint density at radius 3 is 2.89 bits per heavy atom. The van der Waals surface area contributed by atoms with E-state index >= 15 is 0 Å². The summed E-state index contributed by atoms with van der Waals surface area (Å²) in [6.45, 7) is 0.656. The number of anilines is 2. The highest BCUT2D eigenvalue weighted by molar-refractivity contribution is 7.16. The van der Waals surface area contributed by atoms with Gasteiger partial charge < -0.3 is 10.6 Å². The lowest BCUT2D eigenvalue weighted by Gasteiger charge is -2.19. The lowest BCUT2D eigenvalue weighted by atomic mass is 10.2. The molecule has 0 fully saturated rings. The van der Waals surface area contributed by atoms with Crippen LogP contribution >= 0.6 is 22.9 Å². The lowest BCUT2D eigenvalue weighted by Crippen LogP contribution is -2.19. The summed E-state index contributed by atoms with van der Waals surface area (Å²) in [6.07, 6.45) is 1.59. The number of hydrogen-bond donors (Lipinski definition) is 1. The Morgan fingerprint density at radius 2 is 2.28 bits per heavy atom. The molecule has 0 saturated carbocycles. The van der Waals surface area contributed by atoms with E-state index in [2.05, 4.69) is 4.98 Å². The molecule has 4 nitrogen and oxygen atoms in total. The number of nitrogens with zero attached hydrogens (tertiary/aromatic N) is 3. The molecule has 18 heavy (non-hydrogen) atoms. The van der Waals surface area contributed by atoms with Crippen LogP contribution < -0.4 is 10.6 Å². The summed E-state index contributed by atoms with van der Waals surface area (Å²) in [5.74, 6) is 0.610. The monoisotopic (exact) mass is 278 g/mol. The van der Waals surface area contributed by atoms with Gasteiger partial charge in [-0.05, 0) is 18.2 Å². The fraction of sp³-hybridized carbons (Fsp3) is 0.167. The van der Waals surface area contributed by atoms with E-state index in [0.717, 1.165) is 9.21 Å². The normalized spacial score (nSPS) is 10.1. The van der Waals surface area contributed by atoms with Crippen molar-refractivity contribution in [3.05, 3.63) is 39.2 Å². The third-order valence-electron chi connectivity index (χ3n) is 2.47. The van der Waals surface area contributed by atoms with Gasteiger partial charge in [0, 0.05) is 18.1 Å². The highest BCUT2D eigenvalue weighted by Crippen LogP contribution is 2.27. The minimum Gasteiger partial charge on any atom is -0.395 e. The van der Waals surface area contributed by atoms with Gasteiger partial charge in [0.25, 0.3) is 0 Å². The van der Waals surface area contributed by atoms with Crippen LogP contribution in [0.4, 0.5) is 11.5 Å². The van der Waals surface area contributed by atoms with Gasteiger partial charge >= 0.3 is 0 Å². The number of rotatable bonds is 3. The van der Waals surface area contributed by atoms with Gasteiger partial charge in [0.05, 0.1) is 22.1 Å². The fourth-order valence-corrected chi connectivity index (χ4v) is 2.75. The summed E-state index contributed by atoms with van der Waals surface area (Å²) >= 11 is 7.40. The largest absolute Gasteiger partial charge is 0.395 e. The van der Waals surface area contributed by atoms with Crippen molar-refractivity contribution in [1.29, 1.82) is 5.26 Å². The molecule has 2 heterocycles. The van der Waals surface area contributed by atoms with E-state index in [4.69, 9.17) is 22.6 Å². The Hall–Kier alpha value is -1.77. The number of hydrogen-bond acceptors (Lipinski definition) is 5. The van der Waals surface area contributed by atoms with E-state index in [9.17, 15) is 0 Å². The fourth-order valence-electron chi connectivity index (χ4n) is 1.61. The smallest absolute Gasteiger partial charge is 0.153 e. The summed E-state index contributed by atoms with van der Waals surface area (Å²) in [5, 5.41) is 8.93. The van der Waals surface area contributed by atoms with E-state index in [1.165, 1.54) is 11.3 Å². The zero-order valence-electron chi connectivity index (χ0n) is 9.72. The quantitative estimate of drug-likeness (QED) is 0.937. The van der Waals surface area contributed by atoms with Crippen LogP contribution in [0.25, 0.3) is 0 Å². The van der Waals surface area contributed by atoms with E-state index in [0.29, 0.717) is 23.6 Å². The molecule has 0 aliphatic carbocycles. The van der Waals surface area contributed by atoms with Gasteiger partial charge in [-0.1, -0.05) is 11.6 Å². The highest BCUT2D eigenvalue weighted by Gasteiger charge is 2.11. The summed E-state index contributed by atoms with van der Waals surface area (Å²) < 4.78 is 0.755. The number of halogens is 1. The maximum Gasteiger partial charge on any atom is 0.153 e. The van der Waals surface area contributed by atoms with E-state index in [-0.39, 0.29) is 0 Å². The van der Waals surface area contributed by atoms with Crippen LogP contribution in [0.3, 0.4) is 0 Å². The van der Waals surface area contributed by atoms with Crippen LogP contribution in [0.2, 0.25) is 4.34 Å². The minimum absolute atomic E-state index is 0.408. The van der Waals surface area contributed by atoms with Gasteiger partial charge in [-0.15, -0.1) is 11.3 Å². The molecule has 0 amide bonds. The van der Waals surface area contributed by atoms with Crippen molar-refractivity contribution in [1.82, 2.24) is 4.98 Å². The molecule has 92 valence electrons. The van der Waals surface area contributed by atoms with Crippen molar-refractivity contribution in [2.45, 2.75) is 6.54 Å². The van der Waals surface area contributed by atoms with Crippen molar-refractivity contribution in [3.63, 3.8) is 0 Å². The van der Waals surface area contributed by atoms with Gasteiger partial charge in [-0.3, -0.25) is 0 Å². The third kappa shape index (κ3) is 2.55. The van der Waals surface area contributed by atoms with Crippen LogP contribution in [0.1, 0.15) is 10.4 Å². The molecule has 0 atom stereocenters. The van der Waals surface area contributed by atoms with E-state index in [1.807, 2.05) is 30.1 Å². The highest BCUT2D eigenvalue weighted by atomic mass is 35.5. The second kappa shape index (κ2) is 5.25. The van der Waals surface area contributed by atoms with Crippen molar-refractivity contribution in [3.8, 4) is 6.07 Å². The number of nitriles is 1. The zero-order chi connectivity index (χ0) is 13.1. The molecule has 2 N–H and O–H groups in total. The SMILES string of the molecule is CN(Cc1ccc(Cl)s1)c1nccc(C#N)c1N. The van der Waals surface area contributed by atoms with Crippen LogP contribution in [0, 0.1) is 11.3 Å². The summed E-state index contributed by atoms with van der Waals surface area (Å²) in [5.41, 5.74) is 6.75. The third-order valence-corrected chi connectivity index (χ3v) is 3.69. The number of thiophene rings is 1. The van der Waals surface area contributed by atoms with Crippen LogP contribution in [0.15, 0.2) is 24.4 Å². The molecule has 0 radical (unpaired) electrons. The maximum absolute atomic E-state index is 8.93. The molecule has 0 unspecified atom stereocenters. The number of nitrogen functional groups attached to an aromatic ring is 1. The van der Waals surface area contributed by atoms with Gasteiger partial charge in [0.2, 0.25) is 0 Å². The number of nitrogens with two attached hydrogens (primary N) is 1. The van der Waals surface area contributed by atoms with Gasteiger partial charge in [0.1, 0.15) is 6.07 Å². The van der Waals surface area contributed by atoms with Crippen molar-refractivity contribution in [2.24, 2.45) is 0 Å². The first-order valence-corrected chi connectivity index (χ1v) is 6.41. The lowest BCUT2D eigenvalue weighted by molar-refractivity contribution is 0.914. The molecule has 0 spiro atoms. The van der Waals surface area contributed by atoms with Crippen molar-refractivity contribution < 1.29 is 0 Å². The van der Waals surface area contributed by atoms with E-state index < -0.39 is 0 Å². The summed E-state index contributed by atoms with van der Waals surface area (Å²) in [4.78, 5) is 7.23. The predicted molar refractivity (Wildman–Crippen MR) is 74.8 cm³/mol. The predicted octanol–water partition coefficient (Wildman–Crippen LogP) is 2.89. The first-order chi connectivity index (χ1) is 8.61. The molecule has 0 bridgehead atoms. The summed E-state index contributed by atoms with van der Waals surface area (Å²) in [6, 6.07) is 7.48. The Morgan fingerprint density at radius 1 is 1.50 bits per heavy atom. The van der Waals surface area contributed by atoms with Gasteiger partial charge in [-0.2, -0.15) is 5.26 Å². The molecular weight excluding hydrogens is 268 g/mol. The number of pyridine rings is 1. The molecule has 2 rings (SSSR count). The molecule has 0 saturated heterocycles. The summed E-state index contributed by atoms with van der Waals surface area (Å²) in [7, 11) is 1.88. The standard InChI is InChI=1S/C12H11ClN4S/c1-17(7-9-2-3-10(13)18-9)12-11(15)8(6-14)4-5-16-12/h2-5H,7,15H2,1H3. The topological polar surface area (TPSA) is 65.9 Å². The molecule has 2 aromatic heterocycles. The average molecular weight is 279 g/mol. The Labute approximate surface area is 114 Å². The molecule has 0 aromatic carbocycles. The first-order valence-electron chi connectivity index (χ1n) is 5.21. The average Bonchev–Trinajstić information content (AvgIpc) is 2.75. The van der Waals surface area contributed by atoms with Gasteiger partial charge in [0.15, 0.2) is 5.82 Å². The zero-order valence-corrected chi connectivity index (χ0v) is 11.3. The van der Waals surface area contributed by atoms with Crippen molar-refractivity contribution >= 4 is 34.4 Å². The minimum atomic E-state index is 0.408. The second-order valence-corrected chi connectivity index (χ2v) is 5.57. The molecule has 2 aromatic rings. The maximum atomic E-state index is 8.93. The Balaban J connectivity index is 2.24. The molecule has 6 heteroatoms. The van der Waals surface area contributed by atoms with Crippen LogP contribution in [-0.4, -0.2) is 12.0 Å². The van der Waals surface area contributed by atoms with Gasteiger partial charge in [-0.25, -0.2) is 4.98 Å².